The highest BCUT2D eigenvalue weighted by Gasteiger charge is 2.19. The van der Waals surface area contributed by atoms with E-state index in [0.29, 0.717) is 17.3 Å². The second-order valence-corrected chi connectivity index (χ2v) is 7.20. The summed E-state index contributed by atoms with van der Waals surface area (Å²) in [4.78, 5) is 15.6. The van der Waals surface area contributed by atoms with Gasteiger partial charge in [0.2, 0.25) is 0 Å². The third-order valence-electron chi connectivity index (χ3n) is 3.82. The Kier molecular flexibility index (Phi) is 5.53. The van der Waals surface area contributed by atoms with Gasteiger partial charge in [-0.1, -0.05) is 22.8 Å². The van der Waals surface area contributed by atoms with Gasteiger partial charge in [-0.25, -0.2) is 0 Å². The number of rotatable bonds is 6. The molecule has 0 aliphatic carbocycles. The molecule has 0 saturated carbocycles. The average Bonchev–Trinajstić information content (AvgIpc) is 3.27. The molecule has 0 fully saturated rings. The smallest absolute Gasteiger partial charge is 0.273 e. The van der Waals surface area contributed by atoms with Crippen LogP contribution in [0.3, 0.4) is 0 Å². The van der Waals surface area contributed by atoms with Crippen molar-refractivity contribution in [3.05, 3.63) is 63.4 Å². The highest BCUT2D eigenvalue weighted by Crippen LogP contribution is 2.24. The van der Waals surface area contributed by atoms with Crippen LogP contribution in [0.4, 0.5) is 0 Å². The maximum atomic E-state index is 12.4. The standard InChI is InChI=1S/C18H18ClN3O2S/c1-22(2)15(17-4-3-9-25-17)11-20-18(23)14-10-16(24-21-14)12-5-7-13(19)8-6-12/h3-10,15H,11H2,1-2H3,(H,20,23)/t15-/m1/s1. The van der Waals surface area contributed by atoms with Crippen LogP contribution in [0.2, 0.25) is 5.02 Å². The number of carbonyl (C=O) groups excluding carboxylic acids is 1. The Bertz CT molecular complexity index is 828. The minimum atomic E-state index is -0.257. The van der Waals surface area contributed by atoms with Gasteiger partial charge in [0, 0.05) is 28.1 Å². The quantitative estimate of drug-likeness (QED) is 0.705. The number of nitrogens with zero attached hydrogens (tertiary/aromatic N) is 2. The molecule has 25 heavy (non-hydrogen) atoms. The third-order valence-corrected chi connectivity index (χ3v) is 5.05. The fraction of sp³-hybridized carbons (Fsp3) is 0.222. The molecule has 0 radical (unpaired) electrons. The zero-order valence-corrected chi connectivity index (χ0v) is 15.5. The third kappa shape index (κ3) is 4.28. The number of thiophene rings is 1. The van der Waals surface area contributed by atoms with Crippen LogP contribution in [-0.2, 0) is 0 Å². The van der Waals surface area contributed by atoms with Gasteiger partial charge in [0.25, 0.3) is 5.91 Å². The van der Waals surface area contributed by atoms with Crippen LogP contribution in [0.25, 0.3) is 11.3 Å². The monoisotopic (exact) mass is 375 g/mol. The van der Waals surface area contributed by atoms with Crippen molar-refractivity contribution in [2.75, 3.05) is 20.6 Å². The summed E-state index contributed by atoms with van der Waals surface area (Å²) in [5, 5.41) is 9.47. The molecule has 0 aliphatic heterocycles. The number of likely N-dealkylation sites (N-methyl/N-ethyl adjacent to an activating group) is 1. The molecule has 2 heterocycles. The van der Waals surface area contributed by atoms with Crippen molar-refractivity contribution >= 4 is 28.8 Å². The molecular weight excluding hydrogens is 358 g/mol. The first-order valence-corrected chi connectivity index (χ1v) is 9.01. The summed E-state index contributed by atoms with van der Waals surface area (Å²) in [6, 6.07) is 13.0. The maximum absolute atomic E-state index is 12.4. The number of hydrogen-bond donors (Lipinski definition) is 1. The summed E-state index contributed by atoms with van der Waals surface area (Å²) >= 11 is 7.55. The Labute approximate surface area is 155 Å². The van der Waals surface area contributed by atoms with Crippen molar-refractivity contribution in [3.8, 4) is 11.3 Å². The van der Waals surface area contributed by atoms with Gasteiger partial charge >= 0.3 is 0 Å². The van der Waals surface area contributed by atoms with Gasteiger partial charge in [-0.15, -0.1) is 11.3 Å². The Morgan fingerprint density at radius 2 is 2.08 bits per heavy atom. The Balaban J connectivity index is 1.66. The van der Waals surface area contributed by atoms with Crippen molar-refractivity contribution in [2.24, 2.45) is 0 Å². The number of amides is 1. The normalized spacial score (nSPS) is 12.3. The minimum absolute atomic E-state index is 0.117. The topological polar surface area (TPSA) is 58.4 Å². The van der Waals surface area contributed by atoms with E-state index < -0.39 is 0 Å². The van der Waals surface area contributed by atoms with E-state index in [1.165, 1.54) is 4.88 Å². The van der Waals surface area contributed by atoms with Crippen LogP contribution in [0.1, 0.15) is 21.4 Å². The molecule has 0 saturated heterocycles. The minimum Gasteiger partial charge on any atom is -0.355 e. The predicted octanol–water partition coefficient (Wildman–Crippen LogP) is 4.09. The highest BCUT2D eigenvalue weighted by molar-refractivity contribution is 7.10. The zero-order chi connectivity index (χ0) is 17.8. The summed E-state index contributed by atoms with van der Waals surface area (Å²) < 4.78 is 5.28. The van der Waals surface area contributed by atoms with E-state index in [-0.39, 0.29) is 17.6 Å². The number of carbonyl (C=O) groups is 1. The molecule has 0 bridgehead atoms. The summed E-state index contributed by atoms with van der Waals surface area (Å²) in [6.45, 7) is 0.496. The van der Waals surface area contributed by atoms with Gasteiger partial charge in [-0.3, -0.25) is 4.79 Å². The van der Waals surface area contributed by atoms with Crippen LogP contribution in [0, 0.1) is 0 Å². The van der Waals surface area contributed by atoms with Gasteiger partial charge < -0.3 is 14.7 Å². The molecule has 1 amide bonds. The largest absolute Gasteiger partial charge is 0.355 e. The lowest BCUT2D eigenvalue weighted by molar-refractivity contribution is 0.0933. The molecule has 1 atom stereocenters. The van der Waals surface area contributed by atoms with Crippen LogP contribution in [0.15, 0.2) is 52.4 Å². The highest BCUT2D eigenvalue weighted by atomic mass is 35.5. The molecule has 2 aromatic heterocycles. The van der Waals surface area contributed by atoms with E-state index in [0.717, 1.165) is 5.56 Å². The van der Waals surface area contributed by atoms with E-state index in [1.54, 1.807) is 29.5 Å². The van der Waals surface area contributed by atoms with Crippen molar-refractivity contribution < 1.29 is 9.32 Å². The lowest BCUT2D eigenvalue weighted by Gasteiger charge is -2.23. The van der Waals surface area contributed by atoms with Gasteiger partial charge in [0.05, 0.1) is 6.04 Å². The fourth-order valence-electron chi connectivity index (χ4n) is 2.43. The fourth-order valence-corrected chi connectivity index (χ4v) is 3.48. The van der Waals surface area contributed by atoms with Gasteiger partial charge in [0.1, 0.15) is 0 Å². The molecule has 130 valence electrons. The summed E-state index contributed by atoms with van der Waals surface area (Å²) in [5.41, 5.74) is 1.08. The first-order valence-electron chi connectivity index (χ1n) is 7.75. The second-order valence-electron chi connectivity index (χ2n) is 5.79. The van der Waals surface area contributed by atoms with Gasteiger partial charge in [-0.05, 0) is 49.8 Å². The molecule has 3 rings (SSSR count). The number of nitrogens with one attached hydrogen (secondary N) is 1. The molecule has 0 unspecified atom stereocenters. The molecule has 7 heteroatoms. The second kappa shape index (κ2) is 7.82. The number of hydrogen-bond acceptors (Lipinski definition) is 5. The summed E-state index contributed by atoms with van der Waals surface area (Å²) in [7, 11) is 3.98. The molecule has 0 spiro atoms. The lowest BCUT2D eigenvalue weighted by Crippen LogP contribution is -2.34. The van der Waals surface area contributed by atoms with E-state index >= 15 is 0 Å². The molecular formula is C18H18ClN3O2S. The van der Waals surface area contributed by atoms with Crippen molar-refractivity contribution in [2.45, 2.75) is 6.04 Å². The number of aromatic nitrogens is 1. The van der Waals surface area contributed by atoms with E-state index in [4.69, 9.17) is 16.1 Å². The van der Waals surface area contributed by atoms with E-state index in [9.17, 15) is 4.79 Å². The Morgan fingerprint density at radius 3 is 2.72 bits per heavy atom. The first kappa shape index (κ1) is 17.7. The lowest BCUT2D eigenvalue weighted by atomic mass is 10.1. The zero-order valence-electron chi connectivity index (χ0n) is 13.9. The van der Waals surface area contributed by atoms with Crippen LogP contribution in [-0.4, -0.2) is 36.6 Å². The molecule has 0 aliphatic rings. The molecule has 3 aromatic rings. The van der Waals surface area contributed by atoms with E-state index in [1.807, 2.05) is 37.7 Å². The average molecular weight is 376 g/mol. The number of halogens is 1. The number of benzene rings is 1. The predicted molar refractivity (Wildman–Crippen MR) is 100 cm³/mol. The Morgan fingerprint density at radius 1 is 1.32 bits per heavy atom. The van der Waals surface area contributed by atoms with E-state index in [2.05, 4.69) is 21.4 Å². The van der Waals surface area contributed by atoms with Crippen LogP contribution in [0.5, 0.6) is 0 Å². The molecule has 1 N–H and O–H groups in total. The molecule has 5 nitrogen and oxygen atoms in total. The van der Waals surface area contributed by atoms with Crippen LogP contribution >= 0.6 is 22.9 Å². The first-order chi connectivity index (χ1) is 12.0. The van der Waals surface area contributed by atoms with Crippen molar-refractivity contribution in [3.63, 3.8) is 0 Å². The van der Waals surface area contributed by atoms with Crippen molar-refractivity contribution in [1.82, 2.24) is 15.4 Å². The SMILES string of the molecule is CN(C)[C@H](CNC(=O)c1cc(-c2ccc(Cl)cc2)on1)c1cccs1. The van der Waals surface area contributed by atoms with Crippen LogP contribution < -0.4 is 5.32 Å². The maximum Gasteiger partial charge on any atom is 0.273 e. The van der Waals surface area contributed by atoms with Crippen molar-refractivity contribution in [1.29, 1.82) is 0 Å². The summed E-state index contributed by atoms with van der Waals surface area (Å²) in [5.74, 6) is 0.275. The van der Waals surface area contributed by atoms with Gasteiger partial charge in [-0.2, -0.15) is 0 Å². The summed E-state index contributed by atoms with van der Waals surface area (Å²) in [6.07, 6.45) is 0. The molecule has 1 aromatic carbocycles. The Hall–Kier alpha value is -2.15. The van der Waals surface area contributed by atoms with Gasteiger partial charge in [0.15, 0.2) is 11.5 Å².